The quantitative estimate of drug-likeness (QED) is 0.595. The van der Waals surface area contributed by atoms with Crippen molar-refractivity contribution < 1.29 is 1.43 Å². The molecule has 0 aromatic rings. The first-order valence-corrected chi connectivity index (χ1v) is 11.3. The van der Waals surface area contributed by atoms with Gasteiger partial charge in [-0.05, 0) is 0 Å². The average Bonchev–Trinajstić information content (AvgIpc) is 2.33. The maximum Gasteiger partial charge on any atom is -1.00 e. The molecule has 0 bridgehead atoms. The van der Waals surface area contributed by atoms with E-state index in [2.05, 4.69) is 50.9 Å². The van der Waals surface area contributed by atoms with Crippen LogP contribution in [0.4, 0.5) is 0 Å². The fraction of sp³-hybridized carbons (Fsp3) is 1.00. The van der Waals surface area contributed by atoms with E-state index in [-0.39, 0.29) is 1.43 Å². The van der Waals surface area contributed by atoms with Gasteiger partial charge in [-0.15, -0.1) is 0 Å². The molecule has 100 valence electrons. The Labute approximate surface area is 112 Å². The van der Waals surface area contributed by atoms with Gasteiger partial charge in [0.05, 0.1) is 0 Å². The van der Waals surface area contributed by atoms with Crippen LogP contribution in [-0.2, 0) is 0 Å². The number of nitrogens with zero attached hydrogens (tertiary/aromatic N) is 3. The van der Waals surface area contributed by atoms with Crippen LogP contribution in [0.2, 0.25) is 0 Å². The van der Waals surface area contributed by atoms with E-state index in [0.29, 0.717) is 0 Å². The zero-order valence-electron chi connectivity index (χ0n) is 13.2. The molecule has 4 heteroatoms. The van der Waals surface area contributed by atoms with Crippen LogP contribution < -0.4 is 0 Å². The van der Waals surface area contributed by atoms with Crippen molar-refractivity contribution in [1.29, 1.82) is 0 Å². The van der Waals surface area contributed by atoms with Gasteiger partial charge in [0, 0.05) is 0 Å². The van der Waals surface area contributed by atoms with E-state index in [1.54, 1.807) is 0 Å². The van der Waals surface area contributed by atoms with Gasteiger partial charge in [0.2, 0.25) is 0 Å². The first-order chi connectivity index (χ1) is 7.69. The Hall–Kier alpha value is 0.679. The molecule has 0 aromatic heterocycles. The SMILES string of the molecule is CC[N](CC)[SnH]([N](CC)CC)[N](CC)CC.[H-]. The summed E-state index contributed by atoms with van der Waals surface area (Å²) in [6.07, 6.45) is 0. The Bertz CT molecular complexity index is 131. The maximum absolute atomic E-state index is 2.75. The van der Waals surface area contributed by atoms with Crippen molar-refractivity contribution >= 4 is 20.6 Å². The first-order valence-electron chi connectivity index (χ1n) is 6.91. The molecule has 0 heterocycles. The van der Waals surface area contributed by atoms with Crippen molar-refractivity contribution in [3.05, 3.63) is 0 Å². The molecule has 0 spiro atoms. The molecule has 0 N–H and O–H groups in total. The van der Waals surface area contributed by atoms with E-state index in [9.17, 15) is 0 Å². The second-order valence-corrected chi connectivity index (χ2v) is 12.2. The van der Waals surface area contributed by atoms with E-state index in [1.165, 1.54) is 39.3 Å². The van der Waals surface area contributed by atoms with Crippen LogP contribution in [0.5, 0.6) is 0 Å². The van der Waals surface area contributed by atoms with Gasteiger partial charge >= 0.3 is 111 Å². The number of rotatable bonds is 9. The summed E-state index contributed by atoms with van der Waals surface area (Å²) in [5.74, 6) is 0. The minimum atomic E-state index is -1.87. The topological polar surface area (TPSA) is 9.72 Å². The van der Waals surface area contributed by atoms with Crippen molar-refractivity contribution in [2.24, 2.45) is 0 Å². The third-order valence-corrected chi connectivity index (χ3v) is 15.3. The van der Waals surface area contributed by atoms with E-state index in [4.69, 9.17) is 0 Å². The summed E-state index contributed by atoms with van der Waals surface area (Å²) in [6.45, 7) is 21.1. The Morgan fingerprint density at radius 3 is 0.875 bits per heavy atom. The van der Waals surface area contributed by atoms with Crippen molar-refractivity contribution in [2.45, 2.75) is 41.5 Å². The second kappa shape index (κ2) is 9.68. The molecule has 0 aromatic carbocycles. The molecule has 0 aliphatic heterocycles. The van der Waals surface area contributed by atoms with Gasteiger partial charge < -0.3 is 1.43 Å². The molecule has 0 radical (unpaired) electrons. The van der Waals surface area contributed by atoms with Crippen LogP contribution in [0, 0.1) is 0 Å². The summed E-state index contributed by atoms with van der Waals surface area (Å²) >= 11 is -1.87. The van der Waals surface area contributed by atoms with Crippen molar-refractivity contribution in [1.82, 2.24) is 9.36 Å². The van der Waals surface area contributed by atoms with E-state index in [1.807, 2.05) is 0 Å². The van der Waals surface area contributed by atoms with E-state index >= 15 is 0 Å². The van der Waals surface area contributed by atoms with Crippen molar-refractivity contribution in [3.63, 3.8) is 0 Å². The summed E-state index contributed by atoms with van der Waals surface area (Å²) in [6, 6.07) is 0. The molecular formula is C12H32N3Sn-. The van der Waals surface area contributed by atoms with Crippen molar-refractivity contribution in [3.8, 4) is 0 Å². The Balaban J connectivity index is 0. The normalized spacial score (nSPS) is 12.4. The monoisotopic (exact) mass is 338 g/mol. The van der Waals surface area contributed by atoms with Gasteiger partial charge in [0.25, 0.3) is 0 Å². The largest absolute Gasteiger partial charge is 1.00 e. The Kier molecular flexibility index (Phi) is 10.1. The molecule has 0 atom stereocenters. The average molecular weight is 337 g/mol. The molecule has 16 heavy (non-hydrogen) atoms. The van der Waals surface area contributed by atoms with Gasteiger partial charge in [-0.3, -0.25) is 0 Å². The van der Waals surface area contributed by atoms with Gasteiger partial charge in [0.15, 0.2) is 0 Å². The molecule has 0 saturated heterocycles. The summed E-state index contributed by atoms with van der Waals surface area (Å²) in [7, 11) is 0. The molecular weight excluding hydrogens is 305 g/mol. The molecule has 0 aliphatic carbocycles. The van der Waals surface area contributed by atoms with Crippen LogP contribution >= 0.6 is 0 Å². The molecule has 0 saturated carbocycles. The van der Waals surface area contributed by atoms with Crippen LogP contribution in [0.15, 0.2) is 0 Å². The zero-order valence-corrected chi connectivity index (χ0v) is 15.5. The van der Waals surface area contributed by atoms with Gasteiger partial charge in [0.1, 0.15) is 0 Å². The molecule has 0 amide bonds. The van der Waals surface area contributed by atoms with Gasteiger partial charge in [-0.1, -0.05) is 0 Å². The van der Waals surface area contributed by atoms with Crippen LogP contribution in [0.25, 0.3) is 0 Å². The van der Waals surface area contributed by atoms with Crippen LogP contribution in [0.1, 0.15) is 43.0 Å². The summed E-state index contributed by atoms with van der Waals surface area (Å²) < 4.78 is 8.26. The van der Waals surface area contributed by atoms with Crippen molar-refractivity contribution in [2.75, 3.05) is 39.3 Å². The predicted molar refractivity (Wildman–Crippen MR) is 77.0 cm³/mol. The number of hydrogen-bond donors (Lipinski definition) is 0. The minimum absolute atomic E-state index is 0. The minimum Gasteiger partial charge on any atom is -1.00 e. The molecule has 0 aliphatic rings. The predicted octanol–water partition coefficient (Wildman–Crippen LogP) is 1.84. The van der Waals surface area contributed by atoms with E-state index < -0.39 is 20.6 Å². The summed E-state index contributed by atoms with van der Waals surface area (Å²) in [5, 5.41) is 0. The molecule has 3 nitrogen and oxygen atoms in total. The Morgan fingerprint density at radius 2 is 0.750 bits per heavy atom. The summed E-state index contributed by atoms with van der Waals surface area (Å²) in [5.41, 5.74) is 0. The standard InChI is InChI=1S/3C4H10N.Sn.2H/c3*1-3-5-4-2;;;/h3*3-4H2,1-2H3;;;/q3*-1;+3;;-1. The zero-order chi connectivity index (χ0) is 12.6. The third kappa shape index (κ3) is 4.51. The fourth-order valence-electron chi connectivity index (χ4n) is 2.34. The van der Waals surface area contributed by atoms with Crippen LogP contribution in [0.3, 0.4) is 0 Å². The van der Waals surface area contributed by atoms with Gasteiger partial charge in [-0.2, -0.15) is 0 Å². The van der Waals surface area contributed by atoms with Crippen LogP contribution in [-0.4, -0.2) is 69.2 Å². The third-order valence-electron chi connectivity index (χ3n) is 3.42. The maximum atomic E-state index is 2.75. The smallest absolute Gasteiger partial charge is 1.00 e. The van der Waals surface area contributed by atoms with Gasteiger partial charge in [-0.25, -0.2) is 0 Å². The van der Waals surface area contributed by atoms with E-state index in [0.717, 1.165) is 0 Å². The molecule has 0 fully saturated rings. The first kappa shape index (κ1) is 16.7. The fourth-order valence-corrected chi connectivity index (χ4v) is 11.9. The Morgan fingerprint density at radius 1 is 0.562 bits per heavy atom. The molecule has 0 rings (SSSR count). The second-order valence-electron chi connectivity index (χ2n) is 4.01. The summed E-state index contributed by atoms with van der Waals surface area (Å²) in [4.78, 5) is 0. The number of hydrogen-bond acceptors (Lipinski definition) is 3. The molecule has 0 unspecified atom stereocenters.